The van der Waals surface area contributed by atoms with Gasteiger partial charge in [0, 0.05) is 35.4 Å². The largest absolute Gasteiger partial charge is 0.389 e. The molecular formula is C12H13N3O. The molecule has 0 spiro atoms. The molecule has 0 saturated carbocycles. The number of hydrogen-bond donors (Lipinski definition) is 1. The van der Waals surface area contributed by atoms with Gasteiger partial charge in [0.2, 0.25) is 0 Å². The maximum Gasteiger partial charge on any atom is 0.159 e. The van der Waals surface area contributed by atoms with Crippen LogP contribution in [0.2, 0.25) is 0 Å². The fourth-order valence-electron chi connectivity index (χ4n) is 1.53. The lowest BCUT2D eigenvalue weighted by Crippen LogP contribution is -2.01. The lowest BCUT2D eigenvalue weighted by Gasteiger charge is -2.08. The summed E-state index contributed by atoms with van der Waals surface area (Å²) in [7, 11) is 0. The summed E-state index contributed by atoms with van der Waals surface area (Å²) >= 11 is 0. The Hall–Kier alpha value is -1.81. The molecule has 4 nitrogen and oxygen atoms in total. The first-order valence-electron chi connectivity index (χ1n) is 5.10. The predicted octanol–water partition coefficient (Wildman–Crippen LogP) is 1.90. The van der Waals surface area contributed by atoms with Crippen LogP contribution in [-0.2, 0) is 0 Å². The summed E-state index contributed by atoms with van der Waals surface area (Å²) in [6.07, 6.45) is 4.54. The van der Waals surface area contributed by atoms with Crippen LogP contribution in [0.1, 0.15) is 24.3 Å². The number of aliphatic hydroxyl groups excluding tert-OH is 1. The zero-order valence-electron chi connectivity index (χ0n) is 9.25. The van der Waals surface area contributed by atoms with Crippen molar-refractivity contribution in [1.82, 2.24) is 15.0 Å². The van der Waals surface area contributed by atoms with E-state index in [0.717, 1.165) is 16.8 Å². The molecule has 0 fully saturated rings. The fourth-order valence-corrected chi connectivity index (χ4v) is 1.53. The lowest BCUT2D eigenvalue weighted by atomic mass is 10.1. The van der Waals surface area contributed by atoms with Gasteiger partial charge in [-0.1, -0.05) is 0 Å². The van der Waals surface area contributed by atoms with Crippen LogP contribution in [0.15, 0.2) is 30.7 Å². The summed E-state index contributed by atoms with van der Waals surface area (Å²) in [5.41, 5.74) is 2.49. The van der Waals surface area contributed by atoms with E-state index >= 15 is 0 Å². The Bertz CT molecular complexity index is 483. The molecule has 1 atom stereocenters. The molecule has 0 amide bonds. The van der Waals surface area contributed by atoms with Gasteiger partial charge in [0.15, 0.2) is 5.82 Å². The van der Waals surface area contributed by atoms with Crippen LogP contribution < -0.4 is 0 Å². The predicted molar refractivity (Wildman–Crippen MR) is 60.6 cm³/mol. The number of aliphatic hydroxyl groups is 1. The fraction of sp³-hybridized carbons (Fsp3) is 0.250. The van der Waals surface area contributed by atoms with E-state index in [-0.39, 0.29) is 0 Å². The molecule has 0 aliphatic carbocycles. The number of nitrogens with zero attached hydrogens (tertiary/aromatic N) is 3. The molecule has 2 rings (SSSR count). The average molecular weight is 215 g/mol. The summed E-state index contributed by atoms with van der Waals surface area (Å²) in [6, 6.07) is 3.72. The van der Waals surface area contributed by atoms with Gasteiger partial charge in [0.1, 0.15) is 0 Å². The van der Waals surface area contributed by atoms with E-state index in [1.165, 1.54) is 0 Å². The standard InChI is InChI=1S/C12H13N3O/c1-8-11(9(2)16)7-14-12(15-8)10-3-5-13-6-4-10/h3-7,9,16H,1-2H3/t9-/m1/s1. The van der Waals surface area contributed by atoms with Crippen LogP contribution in [0.4, 0.5) is 0 Å². The lowest BCUT2D eigenvalue weighted by molar-refractivity contribution is 0.197. The molecule has 0 aliphatic heterocycles. The molecule has 0 aliphatic rings. The highest BCUT2D eigenvalue weighted by Crippen LogP contribution is 2.18. The summed E-state index contributed by atoms with van der Waals surface area (Å²) < 4.78 is 0. The third-order valence-corrected chi connectivity index (χ3v) is 2.41. The van der Waals surface area contributed by atoms with Crippen LogP contribution >= 0.6 is 0 Å². The van der Waals surface area contributed by atoms with Crippen molar-refractivity contribution in [3.05, 3.63) is 42.0 Å². The molecule has 0 radical (unpaired) electrons. The SMILES string of the molecule is Cc1nc(-c2ccncc2)ncc1[C@@H](C)O. The molecule has 0 saturated heterocycles. The average Bonchev–Trinajstić information content (AvgIpc) is 2.29. The van der Waals surface area contributed by atoms with Gasteiger partial charge in [0.25, 0.3) is 0 Å². The second kappa shape index (κ2) is 4.37. The molecule has 82 valence electrons. The maximum atomic E-state index is 9.48. The van der Waals surface area contributed by atoms with Crippen LogP contribution in [0, 0.1) is 6.92 Å². The van der Waals surface area contributed by atoms with Gasteiger partial charge in [0.05, 0.1) is 6.10 Å². The van der Waals surface area contributed by atoms with E-state index in [4.69, 9.17) is 0 Å². The van der Waals surface area contributed by atoms with E-state index in [2.05, 4.69) is 15.0 Å². The monoisotopic (exact) mass is 215 g/mol. The van der Waals surface area contributed by atoms with Gasteiger partial charge < -0.3 is 5.11 Å². The number of rotatable bonds is 2. The summed E-state index contributed by atoms with van der Waals surface area (Å²) in [5.74, 6) is 0.657. The molecule has 1 N–H and O–H groups in total. The van der Waals surface area contributed by atoms with Crippen molar-refractivity contribution in [2.24, 2.45) is 0 Å². The van der Waals surface area contributed by atoms with E-state index < -0.39 is 6.10 Å². The molecule has 2 aromatic heterocycles. The van der Waals surface area contributed by atoms with Crippen molar-refractivity contribution >= 4 is 0 Å². The third-order valence-electron chi connectivity index (χ3n) is 2.41. The Morgan fingerprint density at radius 1 is 1.25 bits per heavy atom. The van der Waals surface area contributed by atoms with Crippen LogP contribution in [0.3, 0.4) is 0 Å². The highest BCUT2D eigenvalue weighted by atomic mass is 16.3. The topological polar surface area (TPSA) is 58.9 Å². The Labute approximate surface area is 94.0 Å². The van der Waals surface area contributed by atoms with Crippen LogP contribution in [0.25, 0.3) is 11.4 Å². The third kappa shape index (κ3) is 2.06. The quantitative estimate of drug-likeness (QED) is 0.831. The van der Waals surface area contributed by atoms with Gasteiger partial charge in [-0.2, -0.15) is 0 Å². The Kier molecular flexibility index (Phi) is 2.92. The highest BCUT2D eigenvalue weighted by Gasteiger charge is 2.08. The van der Waals surface area contributed by atoms with Crippen molar-refractivity contribution in [2.45, 2.75) is 20.0 Å². The molecule has 2 heterocycles. The van der Waals surface area contributed by atoms with Crippen LogP contribution in [-0.4, -0.2) is 20.1 Å². The highest BCUT2D eigenvalue weighted by molar-refractivity contribution is 5.53. The molecule has 16 heavy (non-hydrogen) atoms. The summed E-state index contributed by atoms with van der Waals surface area (Å²) in [6.45, 7) is 3.58. The first-order chi connectivity index (χ1) is 7.68. The van der Waals surface area contributed by atoms with Gasteiger partial charge in [-0.3, -0.25) is 4.98 Å². The molecular weight excluding hydrogens is 202 g/mol. The van der Waals surface area contributed by atoms with Gasteiger partial charge in [-0.05, 0) is 26.0 Å². The zero-order valence-corrected chi connectivity index (χ0v) is 9.25. The molecule has 2 aromatic rings. The number of pyridine rings is 1. The first kappa shape index (κ1) is 10.7. The van der Waals surface area contributed by atoms with E-state index in [1.807, 2.05) is 19.1 Å². The second-order valence-corrected chi connectivity index (χ2v) is 3.65. The molecule has 0 aromatic carbocycles. The van der Waals surface area contributed by atoms with Crippen LogP contribution in [0.5, 0.6) is 0 Å². The zero-order chi connectivity index (χ0) is 11.5. The Morgan fingerprint density at radius 2 is 1.94 bits per heavy atom. The molecule has 0 unspecified atom stereocenters. The minimum Gasteiger partial charge on any atom is -0.389 e. The molecule has 4 heteroatoms. The summed E-state index contributed by atoms with van der Waals surface area (Å²) in [4.78, 5) is 12.5. The van der Waals surface area contributed by atoms with Gasteiger partial charge >= 0.3 is 0 Å². The Balaban J connectivity index is 2.43. The van der Waals surface area contributed by atoms with Crippen molar-refractivity contribution < 1.29 is 5.11 Å². The van der Waals surface area contributed by atoms with E-state index in [9.17, 15) is 5.11 Å². The van der Waals surface area contributed by atoms with Crippen molar-refractivity contribution in [3.8, 4) is 11.4 Å². The van der Waals surface area contributed by atoms with Crippen molar-refractivity contribution in [3.63, 3.8) is 0 Å². The number of aromatic nitrogens is 3. The van der Waals surface area contributed by atoms with Gasteiger partial charge in [-0.15, -0.1) is 0 Å². The second-order valence-electron chi connectivity index (χ2n) is 3.65. The normalized spacial score (nSPS) is 12.4. The number of hydrogen-bond acceptors (Lipinski definition) is 4. The maximum absolute atomic E-state index is 9.48. The van der Waals surface area contributed by atoms with E-state index in [0.29, 0.717) is 5.82 Å². The minimum absolute atomic E-state index is 0.536. The smallest absolute Gasteiger partial charge is 0.159 e. The van der Waals surface area contributed by atoms with Gasteiger partial charge in [-0.25, -0.2) is 9.97 Å². The van der Waals surface area contributed by atoms with Crippen molar-refractivity contribution in [1.29, 1.82) is 0 Å². The number of aryl methyl sites for hydroxylation is 1. The van der Waals surface area contributed by atoms with Crippen molar-refractivity contribution in [2.75, 3.05) is 0 Å². The first-order valence-corrected chi connectivity index (χ1v) is 5.10. The summed E-state index contributed by atoms with van der Waals surface area (Å²) in [5, 5.41) is 9.48. The molecule has 0 bridgehead atoms. The van der Waals surface area contributed by atoms with E-state index in [1.54, 1.807) is 25.5 Å². The minimum atomic E-state index is -0.536. The Morgan fingerprint density at radius 3 is 2.50 bits per heavy atom.